The van der Waals surface area contributed by atoms with Gasteiger partial charge in [-0.25, -0.2) is 0 Å². The average Bonchev–Trinajstić information content (AvgIpc) is 2.53. The number of hydrogen-bond acceptors (Lipinski definition) is 4. The van der Waals surface area contributed by atoms with Crippen LogP contribution in [-0.2, 0) is 11.3 Å². The molecule has 1 N–H and O–H groups in total. The third-order valence-corrected chi connectivity index (χ3v) is 3.75. The Kier molecular flexibility index (Phi) is 5.87. The highest BCUT2D eigenvalue weighted by atomic mass is 16.5. The molecule has 0 bridgehead atoms. The first-order valence-corrected chi connectivity index (χ1v) is 7.43. The van der Waals surface area contributed by atoms with Gasteiger partial charge in [0.2, 0.25) is 5.91 Å². The second kappa shape index (κ2) is 7.88. The summed E-state index contributed by atoms with van der Waals surface area (Å²) in [5, 5.41) is 2.96. The van der Waals surface area contributed by atoms with Crippen LogP contribution >= 0.6 is 0 Å². The number of rotatable bonds is 6. The minimum atomic E-state index is 0.0756. The van der Waals surface area contributed by atoms with Crippen molar-refractivity contribution in [2.24, 2.45) is 0 Å². The zero-order valence-corrected chi connectivity index (χ0v) is 12.9. The smallest absolute Gasteiger partial charge is 0.234 e. The molecule has 0 aliphatic carbocycles. The van der Waals surface area contributed by atoms with E-state index in [0.29, 0.717) is 24.6 Å². The fourth-order valence-corrected chi connectivity index (χ4v) is 2.57. The van der Waals surface area contributed by atoms with Crippen molar-refractivity contribution in [1.82, 2.24) is 10.2 Å². The first-order valence-electron chi connectivity index (χ1n) is 7.43. The summed E-state index contributed by atoms with van der Waals surface area (Å²) in [5.74, 6) is 1.45. The average molecular weight is 292 g/mol. The van der Waals surface area contributed by atoms with Gasteiger partial charge >= 0.3 is 0 Å². The Hall–Kier alpha value is -1.75. The van der Waals surface area contributed by atoms with Crippen molar-refractivity contribution in [2.75, 3.05) is 33.9 Å². The lowest BCUT2D eigenvalue weighted by Crippen LogP contribution is -2.39. The number of nitrogens with one attached hydrogen (secondary N) is 1. The number of benzene rings is 1. The molecule has 0 saturated carbocycles. The van der Waals surface area contributed by atoms with Gasteiger partial charge in [-0.15, -0.1) is 0 Å². The Balaban J connectivity index is 1.83. The van der Waals surface area contributed by atoms with Gasteiger partial charge in [-0.3, -0.25) is 9.69 Å². The predicted octanol–water partition coefficient (Wildman–Crippen LogP) is 1.81. The van der Waals surface area contributed by atoms with Crippen molar-refractivity contribution >= 4 is 5.91 Å². The topological polar surface area (TPSA) is 50.8 Å². The van der Waals surface area contributed by atoms with Gasteiger partial charge in [-0.2, -0.15) is 0 Å². The van der Waals surface area contributed by atoms with E-state index in [-0.39, 0.29) is 5.91 Å². The van der Waals surface area contributed by atoms with E-state index < -0.39 is 0 Å². The SMILES string of the molecule is COc1ccc(CNC(=O)CN2CCCCC2)cc1OC. The summed E-state index contributed by atoms with van der Waals surface area (Å²) in [6.07, 6.45) is 3.68. The van der Waals surface area contributed by atoms with E-state index in [9.17, 15) is 4.79 Å². The van der Waals surface area contributed by atoms with Gasteiger partial charge in [-0.05, 0) is 43.6 Å². The van der Waals surface area contributed by atoms with Gasteiger partial charge in [0, 0.05) is 6.54 Å². The number of methoxy groups -OCH3 is 2. The number of ether oxygens (including phenoxy) is 2. The molecule has 0 unspecified atom stereocenters. The monoisotopic (exact) mass is 292 g/mol. The fraction of sp³-hybridized carbons (Fsp3) is 0.562. The van der Waals surface area contributed by atoms with Crippen molar-refractivity contribution in [3.05, 3.63) is 23.8 Å². The molecule has 21 heavy (non-hydrogen) atoms. The first kappa shape index (κ1) is 15.6. The zero-order valence-electron chi connectivity index (χ0n) is 12.9. The predicted molar refractivity (Wildman–Crippen MR) is 81.7 cm³/mol. The molecule has 1 aliphatic heterocycles. The molecule has 1 fully saturated rings. The highest BCUT2D eigenvalue weighted by Gasteiger charge is 2.13. The summed E-state index contributed by atoms with van der Waals surface area (Å²) in [4.78, 5) is 14.2. The summed E-state index contributed by atoms with van der Waals surface area (Å²) < 4.78 is 10.5. The summed E-state index contributed by atoms with van der Waals surface area (Å²) in [7, 11) is 3.22. The molecule has 2 rings (SSSR count). The maximum absolute atomic E-state index is 12.0. The molecule has 1 aliphatic rings. The van der Waals surface area contributed by atoms with Crippen molar-refractivity contribution in [3.63, 3.8) is 0 Å². The number of carbonyl (C=O) groups excluding carboxylic acids is 1. The molecule has 5 heteroatoms. The lowest BCUT2D eigenvalue weighted by Gasteiger charge is -2.25. The molecule has 1 amide bonds. The maximum Gasteiger partial charge on any atom is 0.234 e. The second-order valence-corrected chi connectivity index (χ2v) is 5.30. The van der Waals surface area contributed by atoms with Gasteiger partial charge in [0.15, 0.2) is 11.5 Å². The summed E-state index contributed by atoms with van der Waals surface area (Å²) in [5.41, 5.74) is 1.000. The van der Waals surface area contributed by atoms with Gasteiger partial charge in [-0.1, -0.05) is 12.5 Å². The number of piperidine rings is 1. The van der Waals surface area contributed by atoms with Crippen LogP contribution in [-0.4, -0.2) is 44.7 Å². The highest BCUT2D eigenvalue weighted by molar-refractivity contribution is 5.78. The molecular weight excluding hydrogens is 268 g/mol. The van der Waals surface area contributed by atoms with Crippen LogP contribution in [0.4, 0.5) is 0 Å². The Bertz CT molecular complexity index is 471. The number of nitrogens with zero attached hydrogens (tertiary/aromatic N) is 1. The standard InChI is InChI=1S/C16H24N2O3/c1-20-14-7-6-13(10-15(14)21-2)11-17-16(19)12-18-8-4-3-5-9-18/h6-7,10H,3-5,8-9,11-12H2,1-2H3,(H,17,19). The van der Waals surface area contributed by atoms with E-state index in [4.69, 9.17) is 9.47 Å². The van der Waals surface area contributed by atoms with E-state index in [2.05, 4.69) is 10.2 Å². The Morgan fingerprint density at radius 2 is 1.86 bits per heavy atom. The van der Waals surface area contributed by atoms with Crippen LogP contribution in [0.5, 0.6) is 11.5 Å². The molecule has 0 spiro atoms. The lowest BCUT2D eigenvalue weighted by molar-refractivity contribution is -0.122. The lowest BCUT2D eigenvalue weighted by atomic mass is 10.1. The molecule has 0 atom stereocenters. The van der Waals surface area contributed by atoms with Crippen LogP contribution in [0, 0.1) is 0 Å². The number of hydrogen-bond donors (Lipinski definition) is 1. The molecule has 0 radical (unpaired) electrons. The van der Waals surface area contributed by atoms with E-state index in [1.807, 2.05) is 18.2 Å². The van der Waals surface area contributed by atoms with E-state index in [1.165, 1.54) is 19.3 Å². The van der Waals surface area contributed by atoms with Crippen LogP contribution in [0.25, 0.3) is 0 Å². The molecule has 0 aromatic heterocycles. The van der Waals surface area contributed by atoms with E-state index in [1.54, 1.807) is 14.2 Å². The third kappa shape index (κ3) is 4.63. The summed E-state index contributed by atoms with van der Waals surface area (Å²) >= 11 is 0. The van der Waals surface area contributed by atoms with Crippen LogP contribution in [0.2, 0.25) is 0 Å². The van der Waals surface area contributed by atoms with Gasteiger partial charge in [0.25, 0.3) is 0 Å². The minimum absolute atomic E-state index is 0.0756. The number of amides is 1. The van der Waals surface area contributed by atoms with Gasteiger partial charge < -0.3 is 14.8 Å². The first-order chi connectivity index (χ1) is 10.2. The van der Waals surface area contributed by atoms with Gasteiger partial charge in [0.05, 0.1) is 20.8 Å². The molecule has 5 nitrogen and oxygen atoms in total. The molecular formula is C16H24N2O3. The Morgan fingerprint density at radius 1 is 1.14 bits per heavy atom. The quantitative estimate of drug-likeness (QED) is 0.869. The summed E-state index contributed by atoms with van der Waals surface area (Å²) in [6.45, 7) is 3.06. The van der Waals surface area contributed by atoms with E-state index in [0.717, 1.165) is 18.7 Å². The van der Waals surface area contributed by atoms with Crippen molar-refractivity contribution in [2.45, 2.75) is 25.8 Å². The molecule has 116 valence electrons. The minimum Gasteiger partial charge on any atom is -0.493 e. The van der Waals surface area contributed by atoms with Gasteiger partial charge in [0.1, 0.15) is 0 Å². The Labute approximate surface area is 126 Å². The molecule has 1 aromatic rings. The second-order valence-electron chi connectivity index (χ2n) is 5.30. The van der Waals surface area contributed by atoms with Crippen molar-refractivity contribution < 1.29 is 14.3 Å². The number of carbonyl (C=O) groups is 1. The maximum atomic E-state index is 12.0. The van der Waals surface area contributed by atoms with Crippen molar-refractivity contribution in [3.8, 4) is 11.5 Å². The van der Waals surface area contributed by atoms with Crippen LogP contribution < -0.4 is 14.8 Å². The third-order valence-electron chi connectivity index (χ3n) is 3.75. The van der Waals surface area contributed by atoms with Crippen LogP contribution in [0.3, 0.4) is 0 Å². The number of likely N-dealkylation sites (tertiary alicyclic amines) is 1. The van der Waals surface area contributed by atoms with Crippen LogP contribution in [0.15, 0.2) is 18.2 Å². The fourth-order valence-electron chi connectivity index (χ4n) is 2.57. The zero-order chi connectivity index (χ0) is 15.1. The largest absolute Gasteiger partial charge is 0.493 e. The normalized spacial score (nSPS) is 15.5. The molecule has 1 saturated heterocycles. The highest BCUT2D eigenvalue weighted by Crippen LogP contribution is 2.27. The molecule has 1 heterocycles. The molecule has 1 aromatic carbocycles. The Morgan fingerprint density at radius 3 is 2.52 bits per heavy atom. The van der Waals surface area contributed by atoms with E-state index >= 15 is 0 Å². The van der Waals surface area contributed by atoms with Crippen molar-refractivity contribution in [1.29, 1.82) is 0 Å². The van der Waals surface area contributed by atoms with Crippen LogP contribution in [0.1, 0.15) is 24.8 Å². The summed E-state index contributed by atoms with van der Waals surface area (Å²) in [6, 6.07) is 5.67.